The van der Waals surface area contributed by atoms with Gasteiger partial charge in [0.2, 0.25) is 0 Å². The largest absolute Gasteiger partial charge is 0.348 e. The summed E-state index contributed by atoms with van der Waals surface area (Å²) in [7, 11) is 0. The lowest BCUT2D eigenvalue weighted by Gasteiger charge is -2.46. The number of hydrogen-bond donors (Lipinski definition) is 2. The third-order valence-electron chi connectivity index (χ3n) is 4.15. The second kappa shape index (κ2) is 5.06. The van der Waals surface area contributed by atoms with Crippen LogP contribution in [0.1, 0.15) is 56.7 Å². The number of aromatic nitrogens is 2. The van der Waals surface area contributed by atoms with Crippen LogP contribution in [0.25, 0.3) is 4.96 Å². The molecule has 120 valence electrons. The number of nitrogens with zero attached hydrogens (tertiary/aromatic N) is 2. The second-order valence-corrected chi connectivity index (χ2v) is 8.46. The van der Waals surface area contributed by atoms with Crippen molar-refractivity contribution in [1.82, 2.24) is 20.0 Å². The number of piperidine rings is 1. The van der Waals surface area contributed by atoms with Crippen molar-refractivity contribution in [3.8, 4) is 0 Å². The smallest absolute Gasteiger partial charge is 0.271 e. The molecule has 1 aliphatic rings. The first-order valence-corrected chi connectivity index (χ1v) is 8.57. The molecule has 2 N–H and O–H groups in total. The van der Waals surface area contributed by atoms with Gasteiger partial charge in [0.1, 0.15) is 5.69 Å². The Morgan fingerprint density at radius 3 is 2.59 bits per heavy atom. The van der Waals surface area contributed by atoms with Gasteiger partial charge in [0.25, 0.3) is 5.91 Å². The van der Waals surface area contributed by atoms with Gasteiger partial charge in [0.05, 0.1) is 0 Å². The number of nitrogens with one attached hydrogen (secondary N) is 2. The molecule has 0 spiro atoms. The molecule has 0 unspecified atom stereocenters. The fourth-order valence-corrected chi connectivity index (χ4v) is 4.54. The molecule has 1 aliphatic heterocycles. The van der Waals surface area contributed by atoms with Gasteiger partial charge in [-0.2, -0.15) is 0 Å². The molecule has 1 fully saturated rings. The van der Waals surface area contributed by atoms with Gasteiger partial charge in [-0.15, -0.1) is 11.3 Å². The van der Waals surface area contributed by atoms with Crippen molar-refractivity contribution in [3.05, 3.63) is 23.0 Å². The van der Waals surface area contributed by atoms with E-state index in [1.165, 1.54) is 0 Å². The molecule has 3 rings (SSSR count). The molecule has 1 amide bonds. The fourth-order valence-electron chi connectivity index (χ4n) is 3.69. The van der Waals surface area contributed by atoms with Crippen molar-refractivity contribution in [2.24, 2.45) is 0 Å². The molecule has 1 saturated heterocycles. The molecule has 3 heterocycles. The predicted molar refractivity (Wildman–Crippen MR) is 89.6 cm³/mol. The van der Waals surface area contributed by atoms with Crippen LogP contribution in [0.5, 0.6) is 0 Å². The number of aryl methyl sites for hydroxylation is 1. The highest BCUT2D eigenvalue weighted by atomic mass is 32.1. The molecule has 0 atom stereocenters. The SMILES string of the molecule is Cc1csc2nc(C(=O)NC3CC(C)(C)NC(C)(C)C3)cn12. The molecule has 22 heavy (non-hydrogen) atoms. The van der Waals surface area contributed by atoms with Gasteiger partial charge in [-0.05, 0) is 47.5 Å². The van der Waals surface area contributed by atoms with Crippen molar-refractivity contribution in [3.63, 3.8) is 0 Å². The maximum Gasteiger partial charge on any atom is 0.271 e. The lowest BCUT2D eigenvalue weighted by atomic mass is 9.79. The number of hydrogen-bond acceptors (Lipinski definition) is 4. The summed E-state index contributed by atoms with van der Waals surface area (Å²) >= 11 is 1.56. The van der Waals surface area contributed by atoms with Crippen LogP contribution in [0.15, 0.2) is 11.6 Å². The van der Waals surface area contributed by atoms with Crippen LogP contribution in [-0.4, -0.2) is 32.4 Å². The zero-order chi connectivity index (χ0) is 16.1. The Hall–Kier alpha value is -1.40. The average molecular weight is 320 g/mol. The van der Waals surface area contributed by atoms with E-state index in [1.54, 1.807) is 11.3 Å². The Morgan fingerprint density at radius 2 is 2.00 bits per heavy atom. The summed E-state index contributed by atoms with van der Waals surface area (Å²) in [4.78, 5) is 17.8. The first-order chi connectivity index (χ1) is 10.2. The van der Waals surface area contributed by atoms with E-state index in [4.69, 9.17) is 0 Å². The summed E-state index contributed by atoms with van der Waals surface area (Å²) in [5, 5.41) is 8.84. The monoisotopic (exact) mass is 320 g/mol. The predicted octanol–water partition coefficient (Wildman–Crippen LogP) is 2.74. The van der Waals surface area contributed by atoms with Crippen LogP contribution >= 0.6 is 11.3 Å². The number of imidazole rings is 1. The molecule has 0 bridgehead atoms. The zero-order valence-electron chi connectivity index (χ0n) is 13.9. The summed E-state index contributed by atoms with van der Waals surface area (Å²) in [6.07, 6.45) is 3.67. The molecular weight excluding hydrogens is 296 g/mol. The number of rotatable bonds is 2. The van der Waals surface area contributed by atoms with Crippen LogP contribution in [0, 0.1) is 6.92 Å². The maximum absolute atomic E-state index is 12.5. The Balaban J connectivity index is 1.75. The first-order valence-electron chi connectivity index (χ1n) is 7.69. The molecule has 0 aliphatic carbocycles. The van der Waals surface area contributed by atoms with E-state index in [-0.39, 0.29) is 23.0 Å². The third kappa shape index (κ3) is 3.03. The van der Waals surface area contributed by atoms with Crippen LogP contribution < -0.4 is 10.6 Å². The minimum atomic E-state index is -0.0752. The first kappa shape index (κ1) is 15.5. The van der Waals surface area contributed by atoms with Gasteiger partial charge >= 0.3 is 0 Å². The summed E-state index contributed by atoms with van der Waals surface area (Å²) < 4.78 is 1.97. The van der Waals surface area contributed by atoms with E-state index in [0.29, 0.717) is 5.69 Å². The number of carbonyl (C=O) groups is 1. The van der Waals surface area contributed by atoms with E-state index in [1.807, 2.05) is 22.9 Å². The highest BCUT2D eigenvalue weighted by molar-refractivity contribution is 7.15. The lowest BCUT2D eigenvalue weighted by molar-refractivity contribution is 0.0869. The van der Waals surface area contributed by atoms with Crippen molar-refractivity contribution < 1.29 is 4.79 Å². The minimum absolute atomic E-state index is 0.0187. The zero-order valence-corrected chi connectivity index (χ0v) is 14.7. The van der Waals surface area contributed by atoms with Gasteiger partial charge in [-0.1, -0.05) is 0 Å². The van der Waals surface area contributed by atoms with E-state index in [2.05, 4.69) is 43.3 Å². The number of carbonyl (C=O) groups excluding carboxylic acids is 1. The van der Waals surface area contributed by atoms with E-state index < -0.39 is 0 Å². The summed E-state index contributed by atoms with van der Waals surface area (Å²) in [6, 6.07) is 0.166. The Kier molecular flexibility index (Phi) is 3.57. The highest BCUT2D eigenvalue weighted by Gasteiger charge is 2.38. The van der Waals surface area contributed by atoms with Gasteiger partial charge in [-0.25, -0.2) is 4.98 Å². The van der Waals surface area contributed by atoms with Crippen molar-refractivity contribution in [2.45, 2.75) is 64.6 Å². The molecule has 0 aromatic carbocycles. The molecule has 2 aromatic heterocycles. The maximum atomic E-state index is 12.5. The number of amides is 1. The molecule has 0 saturated carbocycles. The van der Waals surface area contributed by atoms with Gasteiger partial charge < -0.3 is 10.6 Å². The van der Waals surface area contributed by atoms with Crippen molar-refractivity contribution >= 4 is 22.2 Å². The fraction of sp³-hybridized carbons (Fsp3) is 0.625. The van der Waals surface area contributed by atoms with Crippen molar-refractivity contribution in [1.29, 1.82) is 0 Å². The summed E-state index contributed by atoms with van der Waals surface area (Å²) in [5.41, 5.74) is 1.65. The summed E-state index contributed by atoms with van der Waals surface area (Å²) in [5.74, 6) is -0.0752. The van der Waals surface area contributed by atoms with Crippen LogP contribution in [0.3, 0.4) is 0 Å². The van der Waals surface area contributed by atoms with Crippen molar-refractivity contribution in [2.75, 3.05) is 0 Å². The molecule has 5 nitrogen and oxygen atoms in total. The second-order valence-electron chi connectivity index (χ2n) is 7.63. The Bertz CT molecular complexity index is 697. The Labute approximate surface area is 135 Å². The van der Waals surface area contributed by atoms with Crippen LogP contribution in [0.2, 0.25) is 0 Å². The lowest BCUT2D eigenvalue weighted by Crippen LogP contribution is -2.62. The Morgan fingerprint density at radius 1 is 1.36 bits per heavy atom. The quantitative estimate of drug-likeness (QED) is 0.894. The van der Waals surface area contributed by atoms with Gasteiger partial charge in [0.15, 0.2) is 4.96 Å². The van der Waals surface area contributed by atoms with E-state index in [9.17, 15) is 4.79 Å². The molecular formula is C16H24N4OS. The third-order valence-corrected chi connectivity index (χ3v) is 5.10. The number of fused-ring (bicyclic) bond motifs is 1. The number of thiazole rings is 1. The molecule has 6 heteroatoms. The molecule has 2 aromatic rings. The normalized spacial score (nSPS) is 21.1. The van der Waals surface area contributed by atoms with Crippen LogP contribution in [0.4, 0.5) is 0 Å². The van der Waals surface area contributed by atoms with E-state index in [0.717, 1.165) is 23.5 Å². The summed E-state index contributed by atoms with van der Waals surface area (Å²) in [6.45, 7) is 10.8. The standard InChI is InChI=1S/C16H24N4OS/c1-10-9-22-14-18-12(8-20(10)14)13(21)17-11-6-15(2,3)19-16(4,5)7-11/h8-9,11,19H,6-7H2,1-5H3,(H,17,21). The topological polar surface area (TPSA) is 58.4 Å². The van der Waals surface area contributed by atoms with Gasteiger partial charge in [-0.3, -0.25) is 9.20 Å². The average Bonchev–Trinajstić information content (AvgIpc) is 2.88. The minimum Gasteiger partial charge on any atom is -0.348 e. The van der Waals surface area contributed by atoms with Gasteiger partial charge in [0, 0.05) is 34.4 Å². The van der Waals surface area contributed by atoms with Crippen LogP contribution in [-0.2, 0) is 0 Å². The highest BCUT2D eigenvalue weighted by Crippen LogP contribution is 2.28. The molecule has 0 radical (unpaired) electrons. The van der Waals surface area contributed by atoms with E-state index >= 15 is 0 Å².